The van der Waals surface area contributed by atoms with Crippen LogP contribution < -0.4 is 11.1 Å². The third-order valence-corrected chi connectivity index (χ3v) is 2.33. The van der Waals surface area contributed by atoms with Crippen LogP contribution in [0.4, 0.5) is 14.9 Å². The lowest BCUT2D eigenvalue weighted by molar-refractivity contribution is 0.259. The number of hydrogen-bond acceptors (Lipinski definition) is 1. The van der Waals surface area contributed by atoms with E-state index in [1.807, 2.05) is 6.07 Å². The van der Waals surface area contributed by atoms with Crippen LogP contribution >= 0.6 is 0 Å². The molecular formula is C13H11FN2O. The third kappa shape index (κ3) is 2.42. The van der Waals surface area contributed by atoms with E-state index in [0.717, 1.165) is 0 Å². The number of halogens is 1. The van der Waals surface area contributed by atoms with Crippen LogP contribution in [0.2, 0.25) is 0 Å². The number of carbonyl (C=O) groups is 1. The summed E-state index contributed by atoms with van der Waals surface area (Å²) in [6.45, 7) is 0. The number of nitrogens with two attached hydrogens (primary N) is 1. The molecule has 3 nitrogen and oxygen atoms in total. The molecular weight excluding hydrogens is 219 g/mol. The van der Waals surface area contributed by atoms with Gasteiger partial charge in [0.2, 0.25) is 0 Å². The summed E-state index contributed by atoms with van der Waals surface area (Å²) in [4.78, 5) is 10.9. The average molecular weight is 230 g/mol. The lowest BCUT2D eigenvalue weighted by Crippen LogP contribution is -2.19. The van der Waals surface area contributed by atoms with Gasteiger partial charge in [0.1, 0.15) is 5.82 Å². The molecule has 0 saturated carbocycles. The highest BCUT2D eigenvalue weighted by molar-refractivity contribution is 5.93. The molecule has 0 aliphatic heterocycles. The summed E-state index contributed by atoms with van der Waals surface area (Å²) in [7, 11) is 0. The molecule has 0 saturated heterocycles. The van der Waals surface area contributed by atoms with Gasteiger partial charge in [-0.05, 0) is 17.7 Å². The van der Waals surface area contributed by atoms with E-state index in [1.54, 1.807) is 30.3 Å². The van der Waals surface area contributed by atoms with Crippen LogP contribution in [-0.2, 0) is 0 Å². The molecule has 0 bridgehead atoms. The van der Waals surface area contributed by atoms with Crippen LogP contribution in [0.5, 0.6) is 0 Å². The van der Waals surface area contributed by atoms with E-state index in [9.17, 15) is 9.18 Å². The zero-order valence-corrected chi connectivity index (χ0v) is 8.98. The van der Waals surface area contributed by atoms with Crippen molar-refractivity contribution in [1.82, 2.24) is 0 Å². The molecule has 2 amide bonds. The fraction of sp³-hybridized carbons (Fsp3) is 0. The van der Waals surface area contributed by atoms with Crippen molar-refractivity contribution in [1.29, 1.82) is 0 Å². The minimum absolute atomic E-state index is 0.340. The summed E-state index contributed by atoms with van der Waals surface area (Å²) >= 11 is 0. The van der Waals surface area contributed by atoms with Crippen LogP contribution in [-0.4, -0.2) is 6.03 Å². The normalized spacial score (nSPS) is 9.94. The molecule has 3 N–H and O–H groups in total. The van der Waals surface area contributed by atoms with Crippen molar-refractivity contribution < 1.29 is 9.18 Å². The highest BCUT2D eigenvalue weighted by Gasteiger charge is 2.11. The Morgan fingerprint density at radius 2 is 1.76 bits per heavy atom. The maximum Gasteiger partial charge on any atom is 0.316 e. The highest BCUT2D eigenvalue weighted by Crippen LogP contribution is 2.30. The SMILES string of the molecule is NC(=O)Nc1cccc(F)c1-c1ccccc1. The summed E-state index contributed by atoms with van der Waals surface area (Å²) in [6, 6.07) is 12.7. The average Bonchev–Trinajstić information content (AvgIpc) is 2.29. The van der Waals surface area contributed by atoms with Gasteiger partial charge in [0, 0.05) is 5.56 Å². The fourth-order valence-corrected chi connectivity index (χ4v) is 1.66. The first-order chi connectivity index (χ1) is 8.18. The summed E-state index contributed by atoms with van der Waals surface area (Å²) in [5, 5.41) is 2.41. The maximum atomic E-state index is 13.8. The van der Waals surface area contributed by atoms with Gasteiger partial charge < -0.3 is 11.1 Å². The second-order valence-electron chi connectivity index (χ2n) is 3.52. The van der Waals surface area contributed by atoms with Gasteiger partial charge in [-0.25, -0.2) is 9.18 Å². The number of hydrogen-bond donors (Lipinski definition) is 2. The first kappa shape index (κ1) is 11.1. The van der Waals surface area contributed by atoms with E-state index >= 15 is 0 Å². The van der Waals surface area contributed by atoms with Gasteiger partial charge in [-0.15, -0.1) is 0 Å². The topological polar surface area (TPSA) is 55.1 Å². The van der Waals surface area contributed by atoms with Gasteiger partial charge in [0.15, 0.2) is 0 Å². The number of rotatable bonds is 2. The molecule has 0 heterocycles. The lowest BCUT2D eigenvalue weighted by Gasteiger charge is -2.10. The van der Waals surface area contributed by atoms with E-state index in [4.69, 9.17) is 5.73 Å². The molecule has 4 heteroatoms. The van der Waals surface area contributed by atoms with Crippen molar-refractivity contribution in [2.24, 2.45) is 5.73 Å². The first-order valence-electron chi connectivity index (χ1n) is 5.09. The molecule has 0 aliphatic rings. The molecule has 0 aliphatic carbocycles. The van der Waals surface area contributed by atoms with Crippen LogP contribution in [0.3, 0.4) is 0 Å². The van der Waals surface area contributed by atoms with Crippen LogP contribution in [0, 0.1) is 5.82 Å². The van der Waals surface area contributed by atoms with Gasteiger partial charge in [-0.2, -0.15) is 0 Å². The van der Waals surface area contributed by atoms with Crippen LogP contribution in [0.25, 0.3) is 11.1 Å². The summed E-state index contributed by atoms with van der Waals surface area (Å²) in [5.74, 6) is -0.401. The van der Waals surface area contributed by atoms with Crippen molar-refractivity contribution >= 4 is 11.7 Å². The zero-order valence-electron chi connectivity index (χ0n) is 8.98. The maximum absolute atomic E-state index is 13.8. The number of anilines is 1. The van der Waals surface area contributed by atoms with Gasteiger partial charge in [0.05, 0.1) is 5.69 Å². The van der Waals surface area contributed by atoms with Gasteiger partial charge >= 0.3 is 6.03 Å². The zero-order chi connectivity index (χ0) is 12.3. The Balaban J connectivity index is 2.55. The molecule has 2 rings (SSSR count). The molecule has 0 aromatic heterocycles. The third-order valence-electron chi connectivity index (χ3n) is 2.33. The number of primary amides is 1. The molecule has 2 aromatic carbocycles. The Morgan fingerprint density at radius 1 is 1.06 bits per heavy atom. The van der Waals surface area contributed by atoms with E-state index < -0.39 is 11.8 Å². The molecule has 0 radical (unpaired) electrons. The Hall–Kier alpha value is -2.36. The molecule has 86 valence electrons. The monoisotopic (exact) mass is 230 g/mol. The van der Waals surface area contributed by atoms with Crippen molar-refractivity contribution in [2.75, 3.05) is 5.32 Å². The minimum atomic E-state index is -0.715. The van der Waals surface area contributed by atoms with E-state index in [2.05, 4.69) is 5.32 Å². The van der Waals surface area contributed by atoms with Crippen LogP contribution in [0.15, 0.2) is 48.5 Å². The predicted molar refractivity (Wildman–Crippen MR) is 65.0 cm³/mol. The largest absolute Gasteiger partial charge is 0.351 e. The van der Waals surface area contributed by atoms with E-state index in [1.165, 1.54) is 12.1 Å². The second-order valence-corrected chi connectivity index (χ2v) is 3.52. The molecule has 0 fully saturated rings. The van der Waals surface area contributed by atoms with Crippen molar-refractivity contribution in [3.63, 3.8) is 0 Å². The summed E-state index contributed by atoms with van der Waals surface area (Å²) in [6.07, 6.45) is 0. The Labute approximate surface area is 98.1 Å². The Morgan fingerprint density at radius 3 is 2.41 bits per heavy atom. The molecule has 2 aromatic rings. The number of urea groups is 1. The van der Waals surface area contributed by atoms with E-state index in [-0.39, 0.29) is 0 Å². The van der Waals surface area contributed by atoms with Gasteiger partial charge in [0.25, 0.3) is 0 Å². The standard InChI is InChI=1S/C13H11FN2O/c14-10-7-4-8-11(16-13(15)17)12(10)9-5-2-1-3-6-9/h1-8H,(H3,15,16,17). The summed E-state index contributed by atoms with van der Waals surface area (Å²) < 4.78 is 13.8. The second kappa shape index (κ2) is 4.65. The number of carbonyl (C=O) groups excluding carboxylic acids is 1. The van der Waals surface area contributed by atoms with Crippen molar-refractivity contribution in [3.05, 3.63) is 54.3 Å². The smallest absolute Gasteiger partial charge is 0.316 e. The highest BCUT2D eigenvalue weighted by atomic mass is 19.1. The van der Waals surface area contributed by atoms with Gasteiger partial charge in [-0.1, -0.05) is 36.4 Å². The summed E-state index contributed by atoms with van der Waals surface area (Å²) in [5.41, 5.74) is 6.44. The molecule has 0 atom stereocenters. The number of amides is 2. The van der Waals surface area contributed by atoms with Crippen molar-refractivity contribution in [2.45, 2.75) is 0 Å². The Bertz CT molecular complexity index is 540. The Kier molecular flexibility index (Phi) is 3.05. The van der Waals surface area contributed by atoms with E-state index in [0.29, 0.717) is 16.8 Å². The van der Waals surface area contributed by atoms with Crippen molar-refractivity contribution in [3.8, 4) is 11.1 Å². The number of benzene rings is 2. The number of nitrogens with one attached hydrogen (secondary N) is 1. The van der Waals surface area contributed by atoms with Gasteiger partial charge in [-0.3, -0.25) is 0 Å². The molecule has 0 spiro atoms. The lowest BCUT2D eigenvalue weighted by atomic mass is 10.0. The fourth-order valence-electron chi connectivity index (χ4n) is 1.66. The molecule has 17 heavy (non-hydrogen) atoms. The van der Waals surface area contributed by atoms with Crippen LogP contribution in [0.1, 0.15) is 0 Å². The molecule has 0 unspecified atom stereocenters. The predicted octanol–water partition coefficient (Wildman–Crippen LogP) is 2.98. The quantitative estimate of drug-likeness (QED) is 0.818. The minimum Gasteiger partial charge on any atom is -0.351 e. The first-order valence-corrected chi connectivity index (χ1v) is 5.09.